The highest BCUT2D eigenvalue weighted by Gasteiger charge is 2.68. The highest BCUT2D eigenvalue weighted by atomic mass is 16.5. The van der Waals surface area contributed by atoms with Crippen molar-refractivity contribution in [2.24, 2.45) is 22.4 Å². The minimum absolute atomic E-state index is 0.0363. The Balaban J connectivity index is 1.93. The van der Waals surface area contributed by atoms with Crippen molar-refractivity contribution in [2.75, 3.05) is 14.2 Å². The lowest BCUT2D eigenvalue weighted by Crippen LogP contribution is -2.28. The van der Waals surface area contributed by atoms with Crippen LogP contribution in [0.3, 0.4) is 0 Å². The fraction of sp³-hybridized carbons (Fsp3) is 0.292. The van der Waals surface area contributed by atoms with Crippen LogP contribution < -0.4 is 9.47 Å². The number of benzene rings is 2. The molecule has 2 atom stereocenters. The Hall–Kier alpha value is -3.68. The van der Waals surface area contributed by atoms with Gasteiger partial charge in [0.15, 0.2) is 6.07 Å². The number of hydrogen-bond acceptors (Lipinski definition) is 5. The summed E-state index contributed by atoms with van der Waals surface area (Å²) in [4.78, 5) is 0. The maximum atomic E-state index is 9.65. The molecule has 1 fully saturated rings. The molecule has 1 heterocycles. The molecule has 30 heavy (non-hydrogen) atoms. The number of hydrazone groups is 1. The van der Waals surface area contributed by atoms with E-state index in [-0.39, 0.29) is 22.9 Å². The summed E-state index contributed by atoms with van der Waals surface area (Å²) >= 11 is 0. The van der Waals surface area contributed by atoms with Gasteiger partial charge < -0.3 is 9.47 Å². The monoisotopic (exact) mass is 399 g/mol. The van der Waals surface area contributed by atoms with Crippen LogP contribution in [0, 0.1) is 34.0 Å². The fourth-order valence-corrected chi connectivity index (χ4v) is 4.38. The standard InChI is InChI=1S/C24H23N4O2/c1-24(2)20-21(24)23(16-7-11-19(30-4)12-8-16)28(17(13-25)14-26)27-22(20)15-5-9-18(29-3)10-6-15/h5-12,20-21,25H,1-4H3/q+1/t20-,21+/m1/s1. The summed E-state index contributed by atoms with van der Waals surface area (Å²) < 4.78 is 12.1. The van der Waals surface area contributed by atoms with Crippen LogP contribution in [-0.2, 0) is 0 Å². The maximum Gasteiger partial charge on any atom is 0.376 e. The van der Waals surface area contributed by atoms with Crippen molar-refractivity contribution in [1.29, 1.82) is 10.7 Å². The lowest BCUT2D eigenvalue weighted by Gasteiger charge is -2.12. The van der Waals surface area contributed by atoms with E-state index < -0.39 is 0 Å². The van der Waals surface area contributed by atoms with Crippen molar-refractivity contribution < 1.29 is 14.2 Å². The van der Waals surface area contributed by atoms with Gasteiger partial charge in [-0.2, -0.15) is 5.26 Å². The topological polar surface area (TPSA) is 81.5 Å². The van der Waals surface area contributed by atoms with Crippen LogP contribution >= 0.6 is 0 Å². The summed E-state index contributed by atoms with van der Waals surface area (Å²) in [5.74, 6) is 4.18. The molecule has 1 aliphatic heterocycles. The molecule has 0 saturated heterocycles. The Kier molecular flexibility index (Phi) is 4.77. The Morgan fingerprint density at radius 3 is 1.97 bits per heavy atom. The molecule has 1 saturated carbocycles. The number of nitrogens with zero attached hydrogens (tertiary/aromatic N) is 3. The Labute approximate surface area is 175 Å². The molecule has 0 amide bonds. The summed E-state index contributed by atoms with van der Waals surface area (Å²) in [6.07, 6.45) is 0. The zero-order valence-corrected chi connectivity index (χ0v) is 17.4. The molecule has 0 radical (unpaired) electrons. The first-order valence-corrected chi connectivity index (χ1v) is 9.70. The number of nitriles is 1. The molecule has 2 aromatic carbocycles. The molecular formula is C24H23N4O2+. The Morgan fingerprint density at radius 2 is 1.50 bits per heavy atom. The zero-order chi connectivity index (χ0) is 21.5. The van der Waals surface area contributed by atoms with Gasteiger partial charge in [-0.3, -0.25) is 5.41 Å². The van der Waals surface area contributed by atoms with E-state index in [0.29, 0.717) is 0 Å². The molecule has 0 aromatic heterocycles. The molecule has 150 valence electrons. The summed E-state index contributed by atoms with van der Waals surface area (Å²) in [7, 11) is 3.27. The third-order valence-electron chi connectivity index (χ3n) is 6.06. The molecule has 0 spiro atoms. The first-order valence-electron chi connectivity index (χ1n) is 9.70. The minimum Gasteiger partial charge on any atom is -0.497 e. The van der Waals surface area contributed by atoms with Crippen LogP contribution in [0.1, 0.15) is 25.0 Å². The zero-order valence-electron chi connectivity index (χ0n) is 17.4. The van der Waals surface area contributed by atoms with Crippen LogP contribution in [0.5, 0.6) is 11.5 Å². The molecular weight excluding hydrogens is 376 g/mol. The number of rotatable bonds is 5. The SMILES string of the molecule is COc1ccc(C2=N[N+](C(=C=N)C#N)=C(c3ccc(OC)cc3)[C@@H]3[C@H]2C3(C)C)cc1. The average Bonchev–Trinajstić information content (AvgIpc) is 3.36. The molecule has 0 bridgehead atoms. The van der Waals surface area contributed by atoms with Crippen molar-refractivity contribution in [3.05, 3.63) is 65.4 Å². The van der Waals surface area contributed by atoms with E-state index in [1.807, 2.05) is 48.5 Å². The first kappa shape index (κ1) is 19.6. The van der Waals surface area contributed by atoms with Crippen molar-refractivity contribution in [2.45, 2.75) is 13.8 Å². The minimum atomic E-state index is -0.0363. The molecule has 2 aliphatic rings. The van der Waals surface area contributed by atoms with Gasteiger partial charge in [0.1, 0.15) is 17.2 Å². The van der Waals surface area contributed by atoms with Gasteiger partial charge in [-0.1, -0.05) is 13.8 Å². The highest BCUT2D eigenvalue weighted by Crippen LogP contribution is 2.62. The van der Waals surface area contributed by atoms with Gasteiger partial charge in [0.05, 0.1) is 26.0 Å². The molecule has 4 rings (SSSR count). The molecule has 1 N–H and O–H groups in total. The number of hydrogen-bond donors (Lipinski definition) is 1. The number of nitrogens with one attached hydrogen (secondary N) is 1. The van der Waals surface area contributed by atoms with E-state index >= 15 is 0 Å². The second-order valence-corrected chi connectivity index (χ2v) is 8.00. The second kappa shape index (κ2) is 7.29. The Bertz CT molecular complexity index is 1150. The molecule has 1 aliphatic carbocycles. The summed E-state index contributed by atoms with van der Waals surface area (Å²) in [6, 6.07) is 17.6. The van der Waals surface area contributed by atoms with E-state index in [1.165, 1.54) is 0 Å². The predicted molar refractivity (Wildman–Crippen MR) is 115 cm³/mol. The van der Waals surface area contributed by atoms with Crippen LogP contribution in [0.15, 0.2) is 59.3 Å². The van der Waals surface area contributed by atoms with Gasteiger partial charge in [0, 0.05) is 22.1 Å². The maximum absolute atomic E-state index is 9.65. The molecule has 6 heteroatoms. The number of ether oxygens (including phenoxy) is 2. The van der Waals surface area contributed by atoms with Crippen LogP contribution in [-0.4, -0.2) is 36.2 Å². The van der Waals surface area contributed by atoms with Crippen molar-refractivity contribution in [3.8, 4) is 17.6 Å². The van der Waals surface area contributed by atoms with Gasteiger partial charge in [0.25, 0.3) is 0 Å². The van der Waals surface area contributed by atoms with Crippen molar-refractivity contribution in [3.63, 3.8) is 0 Å². The highest BCUT2D eigenvalue weighted by molar-refractivity contribution is 6.13. The lowest BCUT2D eigenvalue weighted by molar-refractivity contribution is -0.476. The summed E-state index contributed by atoms with van der Waals surface area (Å²) in [6.45, 7) is 4.43. The third kappa shape index (κ3) is 3.01. The first-order chi connectivity index (χ1) is 14.5. The summed E-state index contributed by atoms with van der Waals surface area (Å²) in [5.41, 5.74) is 3.79. The van der Waals surface area contributed by atoms with Gasteiger partial charge >= 0.3 is 5.70 Å². The number of fused-ring (bicyclic) bond motifs is 1. The third-order valence-corrected chi connectivity index (χ3v) is 6.06. The van der Waals surface area contributed by atoms with E-state index in [2.05, 4.69) is 25.8 Å². The largest absolute Gasteiger partial charge is 0.497 e. The van der Waals surface area contributed by atoms with Crippen LogP contribution in [0.4, 0.5) is 0 Å². The van der Waals surface area contributed by atoms with Gasteiger partial charge in [-0.15, -0.1) is 0 Å². The quantitative estimate of drug-likeness (QED) is 0.471. The normalized spacial score (nSPS) is 21.0. The lowest BCUT2D eigenvalue weighted by atomic mass is 9.98. The van der Waals surface area contributed by atoms with Crippen molar-refractivity contribution in [1.82, 2.24) is 0 Å². The van der Waals surface area contributed by atoms with E-state index in [1.54, 1.807) is 18.9 Å². The van der Waals surface area contributed by atoms with Gasteiger partial charge in [0.2, 0.25) is 5.71 Å². The second-order valence-electron chi connectivity index (χ2n) is 8.00. The van der Waals surface area contributed by atoms with E-state index in [4.69, 9.17) is 20.0 Å². The Morgan fingerprint density at radius 1 is 0.967 bits per heavy atom. The number of allylic oxidation sites excluding steroid dienone is 1. The molecule has 6 nitrogen and oxygen atoms in total. The average molecular weight is 399 g/mol. The predicted octanol–water partition coefficient (Wildman–Crippen LogP) is 3.85. The summed E-state index contributed by atoms with van der Waals surface area (Å²) in [5, 5.41) is 22.2. The molecule has 2 aromatic rings. The van der Waals surface area contributed by atoms with Gasteiger partial charge in [-0.25, -0.2) is 0 Å². The van der Waals surface area contributed by atoms with Gasteiger partial charge in [-0.05, 0) is 58.6 Å². The van der Waals surface area contributed by atoms with Crippen LogP contribution in [0.2, 0.25) is 0 Å². The van der Waals surface area contributed by atoms with Crippen molar-refractivity contribution >= 4 is 17.3 Å². The van der Waals surface area contributed by atoms with E-state index in [9.17, 15) is 5.26 Å². The smallest absolute Gasteiger partial charge is 0.376 e. The number of methoxy groups -OCH3 is 2. The molecule has 0 unspecified atom stereocenters. The van der Waals surface area contributed by atoms with E-state index in [0.717, 1.165) is 34.0 Å². The fourth-order valence-electron chi connectivity index (χ4n) is 4.38. The van der Waals surface area contributed by atoms with Crippen LogP contribution in [0.25, 0.3) is 0 Å².